The highest BCUT2D eigenvalue weighted by Crippen LogP contribution is 2.63. The molecule has 0 N–H and O–H groups in total. The quantitative estimate of drug-likeness (QED) is 0.244. The van der Waals surface area contributed by atoms with E-state index >= 15 is 0 Å². The molecule has 0 aromatic heterocycles. The molecule has 2 aliphatic carbocycles. The molecular formula is C41H51BN2. The molecule has 44 heavy (non-hydrogen) atoms. The van der Waals surface area contributed by atoms with Crippen molar-refractivity contribution in [3.8, 4) is 0 Å². The molecular weight excluding hydrogens is 531 g/mol. The first-order valence-corrected chi connectivity index (χ1v) is 17.6. The van der Waals surface area contributed by atoms with E-state index in [1.807, 2.05) is 0 Å². The van der Waals surface area contributed by atoms with Crippen LogP contribution in [0.25, 0.3) is 0 Å². The molecule has 4 atom stereocenters. The van der Waals surface area contributed by atoms with Crippen LogP contribution in [0.1, 0.15) is 143 Å². The van der Waals surface area contributed by atoms with Gasteiger partial charge in [0.1, 0.15) is 0 Å². The summed E-state index contributed by atoms with van der Waals surface area (Å²) in [7, 11) is 0. The molecule has 2 saturated carbocycles. The van der Waals surface area contributed by atoms with Crippen molar-refractivity contribution in [1.29, 1.82) is 0 Å². The lowest BCUT2D eigenvalue weighted by Crippen LogP contribution is -2.65. The zero-order valence-corrected chi connectivity index (χ0v) is 28.6. The van der Waals surface area contributed by atoms with Gasteiger partial charge in [-0.3, -0.25) is 0 Å². The zero-order valence-electron chi connectivity index (χ0n) is 30.6. The van der Waals surface area contributed by atoms with Gasteiger partial charge in [-0.1, -0.05) is 98.4 Å². The second-order valence-corrected chi connectivity index (χ2v) is 17.7. The summed E-state index contributed by atoms with van der Waals surface area (Å²) in [6.45, 7) is 21.6. The van der Waals surface area contributed by atoms with Crippen molar-refractivity contribution in [2.75, 3.05) is 9.80 Å². The molecule has 0 bridgehead atoms. The van der Waals surface area contributed by atoms with Gasteiger partial charge in [0.05, 0.1) is 6.91 Å². The van der Waals surface area contributed by atoms with Crippen molar-refractivity contribution in [2.24, 2.45) is 0 Å². The smallest absolute Gasteiger partial charge is 0.252 e. The fourth-order valence-corrected chi connectivity index (χ4v) is 10.4. The van der Waals surface area contributed by atoms with Crippen LogP contribution in [0.2, 0.25) is 0 Å². The number of nitrogens with zero attached hydrogens (tertiary/aromatic N) is 2. The van der Waals surface area contributed by atoms with Gasteiger partial charge in [0.2, 0.25) is 0 Å². The SMILES string of the molecule is [2H]C12CCCCC1([2H])N1c3cc(C)cc4c3B(c3cc(C(C)(C)C)cc2c31)c1cc(C(C)(C)C)cc2c1N4C1(C)CCCCC21C. The highest BCUT2D eigenvalue weighted by Gasteiger charge is 2.62. The van der Waals surface area contributed by atoms with E-state index in [1.54, 1.807) is 5.56 Å². The van der Waals surface area contributed by atoms with Crippen LogP contribution in [0.3, 0.4) is 0 Å². The summed E-state index contributed by atoms with van der Waals surface area (Å²) in [6.07, 6.45) is 8.47. The molecule has 4 heterocycles. The molecule has 228 valence electrons. The minimum Gasteiger partial charge on any atom is -0.338 e. The van der Waals surface area contributed by atoms with Crippen LogP contribution in [0.5, 0.6) is 0 Å². The van der Waals surface area contributed by atoms with Gasteiger partial charge >= 0.3 is 0 Å². The van der Waals surface area contributed by atoms with E-state index in [9.17, 15) is 2.74 Å². The lowest BCUT2D eigenvalue weighted by Gasteiger charge is -2.53. The van der Waals surface area contributed by atoms with Crippen LogP contribution in [-0.4, -0.2) is 18.3 Å². The highest BCUT2D eigenvalue weighted by atomic mass is 15.3. The molecule has 0 radical (unpaired) electrons. The number of hydrogen-bond acceptors (Lipinski definition) is 2. The molecule has 0 amide bonds. The van der Waals surface area contributed by atoms with E-state index in [2.05, 4.69) is 109 Å². The molecule has 3 heteroatoms. The summed E-state index contributed by atoms with van der Waals surface area (Å²) >= 11 is 0. The lowest BCUT2D eigenvalue weighted by atomic mass is 9.33. The van der Waals surface area contributed by atoms with E-state index in [0.29, 0.717) is 0 Å². The average Bonchev–Trinajstić information content (AvgIpc) is 3.32. The number of fused-ring (bicyclic) bond motifs is 10. The standard InChI is InChI=1S/C41H51BN2/c1-24-18-33-35-34(19-24)44-37-29(40(8)16-12-13-17-41(40,44)9)21-26(39(5,6)7)23-31(37)42(35)30-22-25(38(2,3)4)20-28-27-14-10-11-15-32(27)43(33)36(28)30/h18-23,27,32H,10-17H2,1-9H3/i27D,32D. The Labute approximate surface area is 269 Å². The third-order valence-electron chi connectivity index (χ3n) is 13.0. The molecule has 4 aliphatic heterocycles. The van der Waals surface area contributed by atoms with Crippen molar-refractivity contribution in [2.45, 2.75) is 147 Å². The number of hydrogen-bond donors (Lipinski definition) is 0. The topological polar surface area (TPSA) is 6.48 Å². The van der Waals surface area contributed by atoms with E-state index in [-0.39, 0.29) is 28.5 Å². The maximum Gasteiger partial charge on any atom is 0.252 e. The van der Waals surface area contributed by atoms with E-state index in [0.717, 1.165) is 31.2 Å². The summed E-state index contributed by atoms with van der Waals surface area (Å²) in [5, 5.41) is 0. The Hall–Kier alpha value is -2.68. The molecule has 6 aliphatic rings. The predicted molar refractivity (Wildman–Crippen MR) is 190 cm³/mol. The molecule has 2 fully saturated rings. The Kier molecular flexibility index (Phi) is 4.85. The average molecular weight is 585 g/mol. The third kappa shape index (κ3) is 3.20. The predicted octanol–water partition coefficient (Wildman–Crippen LogP) is 8.65. The van der Waals surface area contributed by atoms with Gasteiger partial charge in [-0.05, 0) is 107 Å². The Morgan fingerprint density at radius 3 is 2.14 bits per heavy atom. The fourth-order valence-electron chi connectivity index (χ4n) is 10.4. The Balaban J connectivity index is 1.47. The number of aryl methyl sites for hydroxylation is 1. The largest absolute Gasteiger partial charge is 0.338 e. The molecule has 3 aromatic carbocycles. The minimum absolute atomic E-state index is 0.0161. The number of rotatable bonds is 0. The van der Waals surface area contributed by atoms with Crippen molar-refractivity contribution >= 4 is 45.9 Å². The Morgan fingerprint density at radius 1 is 0.773 bits per heavy atom. The second kappa shape index (κ2) is 8.37. The van der Waals surface area contributed by atoms with Gasteiger partial charge in [-0.15, -0.1) is 0 Å². The normalized spacial score (nSPS) is 33.2. The number of anilines is 4. The lowest BCUT2D eigenvalue weighted by molar-refractivity contribution is 0.195. The maximum atomic E-state index is 10.4. The maximum absolute atomic E-state index is 10.4. The van der Waals surface area contributed by atoms with Crippen LogP contribution >= 0.6 is 0 Å². The summed E-state index contributed by atoms with van der Waals surface area (Å²) in [5.74, 6) is -0.952. The van der Waals surface area contributed by atoms with Crippen molar-refractivity contribution in [1.82, 2.24) is 0 Å². The molecule has 3 aromatic rings. The first-order valence-electron chi connectivity index (χ1n) is 18.6. The Bertz CT molecular complexity index is 1750. The monoisotopic (exact) mass is 584 g/mol. The zero-order chi connectivity index (χ0) is 32.6. The van der Waals surface area contributed by atoms with E-state index < -0.39 is 11.9 Å². The fraction of sp³-hybridized carbons (Fsp3) is 0.561. The van der Waals surface area contributed by atoms with Gasteiger partial charge in [-0.2, -0.15) is 0 Å². The first-order chi connectivity index (χ1) is 21.5. The van der Waals surface area contributed by atoms with Gasteiger partial charge < -0.3 is 9.80 Å². The third-order valence-corrected chi connectivity index (χ3v) is 13.0. The van der Waals surface area contributed by atoms with E-state index in [4.69, 9.17) is 0 Å². The molecule has 2 nitrogen and oxygen atoms in total. The van der Waals surface area contributed by atoms with Crippen molar-refractivity contribution < 1.29 is 2.74 Å². The summed E-state index contributed by atoms with van der Waals surface area (Å²) in [4.78, 5) is 5.21. The first kappa shape index (κ1) is 25.5. The van der Waals surface area contributed by atoms with Crippen LogP contribution in [0, 0.1) is 6.92 Å². The molecule has 0 saturated heterocycles. The molecule has 9 rings (SSSR count). The van der Waals surface area contributed by atoms with Crippen molar-refractivity contribution in [3.05, 3.63) is 64.2 Å². The van der Waals surface area contributed by atoms with E-state index in [1.165, 1.54) is 81.5 Å². The van der Waals surface area contributed by atoms with Gasteiger partial charge in [0, 0.05) is 41.4 Å². The summed E-state index contributed by atoms with van der Waals surface area (Å²) < 4.78 is 20.6. The second-order valence-electron chi connectivity index (χ2n) is 17.7. The highest BCUT2D eigenvalue weighted by molar-refractivity contribution is 7.00. The van der Waals surface area contributed by atoms with Gasteiger partial charge in [-0.25, -0.2) is 0 Å². The van der Waals surface area contributed by atoms with Crippen LogP contribution in [0.4, 0.5) is 22.7 Å². The molecule has 0 spiro atoms. The van der Waals surface area contributed by atoms with Crippen LogP contribution in [-0.2, 0) is 16.2 Å². The Morgan fingerprint density at radius 2 is 1.41 bits per heavy atom. The minimum atomic E-state index is -1.02. The van der Waals surface area contributed by atoms with Gasteiger partial charge in [0.25, 0.3) is 6.71 Å². The number of benzene rings is 3. The van der Waals surface area contributed by atoms with Crippen LogP contribution < -0.4 is 26.2 Å². The van der Waals surface area contributed by atoms with Crippen LogP contribution in [0.15, 0.2) is 36.4 Å². The summed E-state index contributed by atoms with van der Waals surface area (Å²) in [5.41, 5.74) is 16.1. The van der Waals surface area contributed by atoms with Crippen molar-refractivity contribution in [3.63, 3.8) is 0 Å². The molecule has 4 unspecified atom stereocenters. The van der Waals surface area contributed by atoms with Gasteiger partial charge in [0.15, 0.2) is 0 Å². The summed E-state index contributed by atoms with van der Waals surface area (Å²) in [6, 6.07) is 13.9.